The van der Waals surface area contributed by atoms with E-state index in [9.17, 15) is 15.2 Å². The van der Waals surface area contributed by atoms with Gasteiger partial charge in [-0.2, -0.15) is 9.78 Å². The first kappa shape index (κ1) is 19.0. The molecule has 28 heavy (non-hydrogen) atoms. The molecule has 1 aromatic heterocycles. The van der Waals surface area contributed by atoms with E-state index in [2.05, 4.69) is 15.3 Å². The Morgan fingerprint density at radius 2 is 1.79 bits per heavy atom. The van der Waals surface area contributed by atoms with Crippen LogP contribution >= 0.6 is 0 Å². The largest absolute Gasteiger partial charge is 0.492 e. The summed E-state index contributed by atoms with van der Waals surface area (Å²) in [5.74, 6) is -0.186. The Morgan fingerprint density at radius 1 is 1.11 bits per heavy atom. The molecule has 3 aromatic rings. The molecule has 0 aliphatic heterocycles. The molecule has 1 N–H and O–H groups in total. The second-order valence-corrected chi connectivity index (χ2v) is 6.53. The molecule has 0 fully saturated rings. The fourth-order valence-corrected chi connectivity index (χ4v) is 2.66. The SMILES string of the molecule is Cc1ccc(N=Nc2c(C)nn(-c3ccc(N(C)C)cc3)c2O)c([N+](=O)[O-])c1. The number of nitrogens with zero attached hydrogens (tertiary/aromatic N) is 6. The second-order valence-electron chi connectivity index (χ2n) is 6.53. The van der Waals surface area contributed by atoms with Crippen LogP contribution in [0.1, 0.15) is 11.3 Å². The monoisotopic (exact) mass is 380 g/mol. The first-order valence-corrected chi connectivity index (χ1v) is 8.51. The van der Waals surface area contributed by atoms with Gasteiger partial charge in [0, 0.05) is 25.8 Å². The van der Waals surface area contributed by atoms with Crippen molar-refractivity contribution < 1.29 is 10.0 Å². The highest BCUT2D eigenvalue weighted by molar-refractivity contribution is 5.60. The van der Waals surface area contributed by atoms with Crippen molar-refractivity contribution in [3.63, 3.8) is 0 Å². The number of azo groups is 1. The molecule has 0 saturated carbocycles. The molecule has 0 radical (unpaired) electrons. The van der Waals surface area contributed by atoms with Gasteiger partial charge in [-0.05, 0) is 49.7 Å². The molecular weight excluding hydrogens is 360 g/mol. The van der Waals surface area contributed by atoms with Crippen molar-refractivity contribution in [1.29, 1.82) is 0 Å². The lowest BCUT2D eigenvalue weighted by molar-refractivity contribution is -0.384. The van der Waals surface area contributed by atoms with Gasteiger partial charge in [0.25, 0.3) is 5.69 Å². The van der Waals surface area contributed by atoms with Crippen LogP contribution in [0.5, 0.6) is 5.88 Å². The van der Waals surface area contributed by atoms with E-state index in [-0.39, 0.29) is 22.9 Å². The molecule has 9 heteroatoms. The zero-order valence-electron chi connectivity index (χ0n) is 16.0. The summed E-state index contributed by atoms with van der Waals surface area (Å²) in [5.41, 5.74) is 3.00. The van der Waals surface area contributed by atoms with E-state index in [0.717, 1.165) is 11.3 Å². The van der Waals surface area contributed by atoms with Crippen LogP contribution in [0.15, 0.2) is 52.7 Å². The van der Waals surface area contributed by atoms with Gasteiger partial charge >= 0.3 is 0 Å². The Morgan fingerprint density at radius 3 is 2.39 bits per heavy atom. The normalized spacial score (nSPS) is 11.1. The minimum absolute atomic E-state index is 0.109. The third kappa shape index (κ3) is 3.68. The number of aromatic hydroxyl groups is 1. The maximum absolute atomic E-state index is 11.2. The van der Waals surface area contributed by atoms with Crippen LogP contribution in [0, 0.1) is 24.0 Å². The zero-order valence-corrected chi connectivity index (χ0v) is 16.0. The molecule has 0 atom stereocenters. The standard InChI is InChI=1S/C19H20N6O3/c1-12-5-10-16(17(11-12)25(27)28)20-21-18-13(2)22-24(19(18)26)15-8-6-14(7-9-15)23(3)4/h5-11,26H,1-4H3. The zero-order chi connectivity index (χ0) is 20.4. The highest BCUT2D eigenvalue weighted by Crippen LogP contribution is 2.36. The maximum atomic E-state index is 11.2. The Balaban J connectivity index is 1.97. The van der Waals surface area contributed by atoms with Gasteiger partial charge in [0.15, 0.2) is 11.4 Å². The molecule has 0 saturated heterocycles. The molecule has 0 aliphatic carbocycles. The van der Waals surface area contributed by atoms with Crippen molar-refractivity contribution in [3.8, 4) is 11.6 Å². The van der Waals surface area contributed by atoms with E-state index in [1.165, 1.54) is 16.8 Å². The average molecular weight is 380 g/mol. The Labute approximate surface area is 161 Å². The summed E-state index contributed by atoms with van der Waals surface area (Å²) < 4.78 is 1.35. The van der Waals surface area contributed by atoms with Crippen LogP contribution in [0.25, 0.3) is 5.69 Å². The Bertz CT molecular complexity index is 1050. The number of hydrogen-bond acceptors (Lipinski definition) is 7. The first-order chi connectivity index (χ1) is 13.3. The molecule has 9 nitrogen and oxygen atoms in total. The van der Waals surface area contributed by atoms with Crippen molar-refractivity contribution in [1.82, 2.24) is 9.78 Å². The topological polar surface area (TPSA) is 109 Å². The van der Waals surface area contributed by atoms with Crippen LogP contribution in [-0.2, 0) is 0 Å². The van der Waals surface area contributed by atoms with Crippen LogP contribution in [0.3, 0.4) is 0 Å². The molecule has 144 valence electrons. The van der Waals surface area contributed by atoms with E-state index in [1.54, 1.807) is 19.9 Å². The summed E-state index contributed by atoms with van der Waals surface area (Å²) in [5, 5.41) is 34.1. The van der Waals surface area contributed by atoms with Crippen LogP contribution in [0.4, 0.5) is 22.7 Å². The van der Waals surface area contributed by atoms with E-state index in [4.69, 9.17) is 0 Å². The Hall–Kier alpha value is -3.75. The number of anilines is 1. The van der Waals surface area contributed by atoms with E-state index in [0.29, 0.717) is 11.4 Å². The third-order valence-electron chi connectivity index (χ3n) is 4.20. The van der Waals surface area contributed by atoms with Crippen molar-refractivity contribution in [2.45, 2.75) is 13.8 Å². The van der Waals surface area contributed by atoms with Crippen molar-refractivity contribution >= 4 is 22.7 Å². The van der Waals surface area contributed by atoms with Crippen molar-refractivity contribution in [2.75, 3.05) is 19.0 Å². The molecule has 0 amide bonds. The lowest BCUT2D eigenvalue weighted by Gasteiger charge is -2.12. The number of rotatable bonds is 5. The van der Waals surface area contributed by atoms with Crippen molar-refractivity contribution in [3.05, 3.63) is 63.8 Å². The molecule has 3 rings (SSSR count). The molecule has 0 aliphatic rings. The lowest BCUT2D eigenvalue weighted by Crippen LogP contribution is -2.08. The third-order valence-corrected chi connectivity index (χ3v) is 4.20. The number of nitro benzene ring substituents is 1. The van der Waals surface area contributed by atoms with Gasteiger partial charge in [0.2, 0.25) is 5.88 Å². The van der Waals surface area contributed by atoms with Crippen LogP contribution in [0.2, 0.25) is 0 Å². The average Bonchev–Trinajstić information content (AvgIpc) is 2.94. The molecule has 0 unspecified atom stereocenters. The van der Waals surface area contributed by atoms with Crippen molar-refractivity contribution in [2.24, 2.45) is 10.2 Å². The molecule has 0 spiro atoms. The van der Waals surface area contributed by atoms with Gasteiger partial charge in [0.05, 0.1) is 16.3 Å². The quantitative estimate of drug-likeness (QED) is 0.396. The summed E-state index contributed by atoms with van der Waals surface area (Å²) in [6.45, 7) is 3.44. The van der Waals surface area contributed by atoms with Gasteiger partial charge in [0.1, 0.15) is 0 Å². The number of benzene rings is 2. The second kappa shape index (κ2) is 7.47. The minimum atomic E-state index is -0.510. The highest BCUT2D eigenvalue weighted by atomic mass is 16.6. The summed E-state index contributed by atoms with van der Waals surface area (Å²) >= 11 is 0. The summed E-state index contributed by atoms with van der Waals surface area (Å²) in [4.78, 5) is 12.7. The molecular formula is C19H20N6O3. The van der Waals surface area contributed by atoms with Crippen LogP contribution in [-0.4, -0.2) is 33.9 Å². The van der Waals surface area contributed by atoms with E-state index < -0.39 is 4.92 Å². The smallest absolute Gasteiger partial charge is 0.296 e. The molecule has 0 bridgehead atoms. The van der Waals surface area contributed by atoms with Gasteiger partial charge in [-0.15, -0.1) is 10.2 Å². The van der Waals surface area contributed by atoms with Gasteiger partial charge in [-0.3, -0.25) is 10.1 Å². The highest BCUT2D eigenvalue weighted by Gasteiger charge is 2.17. The van der Waals surface area contributed by atoms with Crippen LogP contribution < -0.4 is 4.90 Å². The number of aryl methyl sites for hydroxylation is 2. The predicted molar refractivity (Wildman–Crippen MR) is 106 cm³/mol. The number of hydrogen-bond donors (Lipinski definition) is 1. The minimum Gasteiger partial charge on any atom is -0.492 e. The van der Waals surface area contributed by atoms with E-state index in [1.807, 2.05) is 43.3 Å². The molecule has 2 aromatic carbocycles. The fraction of sp³-hybridized carbons (Fsp3) is 0.211. The van der Waals surface area contributed by atoms with E-state index >= 15 is 0 Å². The molecule has 1 heterocycles. The summed E-state index contributed by atoms with van der Waals surface area (Å²) in [6.07, 6.45) is 0. The van der Waals surface area contributed by atoms with Gasteiger partial charge in [-0.1, -0.05) is 6.07 Å². The first-order valence-electron chi connectivity index (χ1n) is 8.51. The Kier molecular flexibility index (Phi) is 5.08. The summed E-state index contributed by atoms with van der Waals surface area (Å²) in [7, 11) is 3.88. The maximum Gasteiger partial charge on any atom is 0.296 e. The number of nitro groups is 1. The number of aromatic nitrogens is 2. The van der Waals surface area contributed by atoms with Gasteiger partial charge in [-0.25, -0.2) is 0 Å². The lowest BCUT2D eigenvalue weighted by atomic mass is 10.2. The van der Waals surface area contributed by atoms with Gasteiger partial charge < -0.3 is 10.0 Å². The summed E-state index contributed by atoms with van der Waals surface area (Å²) in [6, 6.07) is 12.1. The predicted octanol–water partition coefficient (Wildman–Crippen LogP) is 4.58. The fourth-order valence-electron chi connectivity index (χ4n) is 2.66.